The predicted molar refractivity (Wildman–Crippen MR) is 107 cm³/mol. The first-order chi connectivity index (χ1) is 13.5. The minimum Gasteiger partial charge on any atom is -0.345 e. The Labute approximate surface area is 165 Å². The van der Waals surface area contributed by atoms with Crippen LogP contribution in [0.5, 0.6) is 0 Å². The fraction of sp³-hybridized carbons (Fsp3) is 0.318. The Balaban J connectivity index is 1.66. The summed E-state index contributed by atoms with van der Waals surface area (Å²) in [6.07, 6.45) is 1.11. The van der Waals surface area contributed by atoms with Crippen LogP contribution in [0.25, 0.3) is 0 Å². The van der Waals surface area contributed by atoms with Gasteiger partial charge < -0.3 is 10.2 Å². The van der Waals surface area contributed by atoms with Crippen molar-refractivity contribution in [2.45, 2.75) is 12.8 Å². The van der Waals surface area contributed by atoms with Crippen LogP contribution in [0.4, 0.5) is 4.79 Å². The summed E-state index contributed by atoms with van der Waals surface area (Å²) < 4.78 is 0. The molecule has 146 valence electrons. The van der Waals surface area contributed by atoms with Crippen molar-refractivity contribution in [2.24, 2.45) is 5.92 Å². The second kappa shape index (κ2) is 8.69. The Hall–Kier alpha value is -3.15. The molecule has 1 aliphatic rings. The van der Waals surface area contributed by atoms with Crippen LogP contribution < -0.4 is 5.32 Å². The van der Waals surface area contributed by atoms with Crippen molar-refractivity contribution in [3.63, 3.8) is 0 Å². The van der Waals surface area contributed by atoms with Gasteiger partial charge in [-0.25, -0.2) is 4.79 Å². The largest absolute Gasteiger partial charge is 0.345 e. The maximum Gasteiger partial charge on any atom is 0.324 e. The van der Waals surface area contributed by atoms with Gasteiger partial charge in [-0.3, -0.25) is 14.5 Å². The molecular weight excluding hydrogens is 354 g/mol. The normalized spacial score (nSPS) is 16.6. The quantitative estimate of drug-likeness (QED) is 0.838. The van der Waals surface area contributed by atoms with Crippen LogP contribution in [0.1, 0.15) is 21.5 Å². The van der Waals surface area contributed by atoms with E-state index in [0.29, 0.717) is 24.9 Å². The van der Waals surface area contributed by atoms with E-state index in [1.807, 2.05) is 48.5 Å². The highest BCUT2D eigenvalue weighted by Crippen LogP contribution is 2.16. The van der Waals surface area contributed by atoms with Gasteiger partial charge in [0.25, 0.3) is 5.91 Å². The third kappa shape index (κ3) is 4.57. The Kier molecular flexibility index (Phi) is 6.09. The molecule has 2 aromatic rings. The molecule has 1 fully saturated rings. The number of hydrogen-bond donors (Lipinski definition) is 1. The molecule has 1 aliphatic heterocycles. The number of carbonyl (C=O) groups excluding carboxylic acids is 3. The highest BCUT2D eigenvalue weighted by Gasteiger charge is 2.33. The van der Waals surface area contributed by atoms with E-state index in [2.05, 4.69) is 5.32 Å². The Morgan fingerprint density at radius 3 is 2.50 bits per heavy atom. The van der Waals surface area contributed by atoms with E-state index in [4.69, 9.17) is 0 Å². The topological polar surface area (TPSA) is 69.7 Å². The maximum absolute atomic E-state index is 12.8. The molecular formula is C22H25N3O3. The molecule has 0 aliphatic carbocycles. The number of imide groups is 1. The lowest BCUT2D eigenvalue weighted by atomic mass is 9.96. The lowest BCUT2D eigenvalue weighted by molar-refractivity contribution is -0.133. The summed E-state index contributed by atoms with van der Waals surface area (Å²) in [7, 11) is 3.41. The summed E-state index contributed by atoms with van der Waals surface area (Å²) in [5.41, 5.74) is 2.59. The van der Waals surface area contributed by atoms with Crippen LogP contribution in [0, 0.1) is 5.92 Å². The molecule has 1 saturated heterocycles. The van der Waals surface area contributed by atoms with Gasteiger partial charge in [0.05, 0.1) is 5.92 Å². The first kappa shape index (κ1) is 19.6. The molecule has 6 nitrogen and oxygen atoms in total. The summed E-state index contributed by atoms with van der Waals surface area (Å²) in [6.45, 7) is 0.644. The summed E-state index contributed by atoms with van der Waals surface area (Å²) in [5, 5.41) is 2.82. The molecule has 0 saturated carbocycles. The van der Waals surface area contributed by atoms with E-state index in [9.17, 15) is 14.4 Å². The van der Waals surface area contributed by atoms with Crippen LogP contribution in [0.3, 0.4) is 0 Å². The van der Waals surface area contributed by atoms with Crippen LogP contribution in [0.2, 0.25) is 0 Å². The van der Waals surface area contributed by atoms with E-state index in [-0.39, 0.29) is 30.3 Å². The van der Waals surface area contributed by atoms with Crippen molar-refractivity contribution >= 4 is 17.8 Å². The summed E-state index contributed by atoms with van der Waals surface area (Å²) in [6, 6.07) is 16.8. The molecule has 2 aromatic carbocycles. The second-order valence-corrected chi connectivity index (χ2v) is 7.21. The van der Waals surface area contributed by atoms with Gasteiger partial charge >= 0.3 is 6.03 Å². The number of nitrogens with zero attached hydrogens (tertiary/aromatic N) is 2. The van der Waals surface area contributed by atoms with Crippen molar-refractivity contribution in [1.29, 1.82) is 0 Å². The molecule has 28 heavy (non-hydrogen) atoms. The Bertz CT molecular complexity index is 864. The number of hydrogen-bond acceptors (Lipinski definition) is 3. The summed E-state index contributed by atoms with van der Waals surface area (Å²) in [5.74, 6) is -0.480. The molecule has 3 rings (SSSR count). The van der Waals surface area contributed by atoms with Crippen molar-refractivity contribution in [3.05, 3.63) is 71.3 Å². The van der Waals surface area contributed by atoms with Crippen molar-refractivity contribution in [1.82, 2.24) is 15.1 Å². The third-order valence-corrected chi connectivity index (χ3v) is 4.89. The minimum absolute atomic E-state index is 0.0726. The minimum atomic E-state index is -0.352. The molecule has 1 atom stereocenters. The predicted octanol–water partition coefficient (Wildman–Crippen LogP) is 2.34. The molecule has 4 amide bonds. The van der Waals surface area contributed by atoms with Crippen LogP contribution in [-0.2, 0) is 17.6 Å². The SMILES string of the molecule is CN(C)C(=O)c1cccc(CCN2C(=O)NCC(Cc3ccccc3)C2=O)c1. The Morgan fingerprint density at radius 2 is 1.79 bits per heavy atom. The van der Waals surface area contributed by atoms with Crippen LogP contribution >= 0.6 is 0 Å². The lowest BCUT2D eigenvalue weighted by Crippen LogP contribution is -2.55. The van der Waals surface area contributed by atoms with E-state index in [1.54, 1.807) is 20.2 Å². The average molecular weight is 379 g/mol. The second-order valence-electron chi connectivity index (χ2n) is 7.21. The van der Waals surface area contributed by atoms with Crippen molar-refractivity contribution in [3.8, 4) is 0 Å². The van der Waals surface area contributed by atoms with Crippen molar-refractivity contribution < 1.29 is 14.4 Å². The lowest BCUT2D eigenvalue weighted by Gasteiger charge is -2.31. The zero-order chi connectivity index (χ0) is 20.1. The fourth-order valence-electron chi connectivity index (χ4n) is 3.34. The van der Waals surface area contributed by atoms with E-state index in [0.717, 1.165) is 11.1 Å². The van der Waals surface area contributed by atoms with Gasteiger partial charge in [0.2, 0.25) is 5.91 Å². The standard InChI is InChI=1S/C22H25N3O3/c1-24(2)20(26)18-10-6-9-17(13-18)11-12-25-21(27)19(15-23-22(25)28)14-16-7-4-3-5-8-16/h3-10,13,19H,11-12,14-15H2,1-2H3,(H,23,28). The van der Waals surface area contributed by atoms with Gasteiger partial charge in [-0.15, -0.1) is 0 Å². The average Bonchev–Trinajstić information content (AvgIpc) is 2.70. The zero-order valence-electron chi connectivity index (χ0n) is 16.2. The fourth-order valence-corrected chi connectivity index (χ4v) is 3.34. The van der Waals surface area contributed by atoms with Crippen LogP contribution in [-0.4, -0.2) is 54.8 Å². The smallest absolute Gasteiger partial charge is 0.324 e. The van der Waals surface area contributed by atoms with Gasteiger partial charge in [0.15, 0.2) is 0 Å². The zero-order valence-corrected chi connectivity index (χ0v) is 16.2. The molecule has 1 heterocycles. The van der Waals surface area contributed by atoms with Gasteiger partial charge in [0.1, 0.15) is 0 Å². The van der Waals surface area contributed by atoms with Gasteiger partial charge in [-0.1, -0.05) is 42.5 Å². The molecule has 0 aromatic heterocycles. The number of amides is 4. The highest BCUT2D eigenvalue weighted by molar-refractivity contribution is 5.98. The number of urea groups is 1. The highest BCUT2D eigenvalue weighted by atomic mass is 16.2. The van der Waals surface area contributed by atoms with Gasteiger partial charge in [-0.05, 0) is 36.1 Å². The van der Waals surface area contributed by atoms with Crippen LogP contribution in [0.15, 0.2) is 54.6 Å². The summed E-state index contributed by atoms with van der Waals surface area (Å²) >= 11 is 0. The van der Waals surface area contributed by atoms with E-state index < -0.39 is 0 Å². The van der Waals surface area contributed by atoms with Gasteiger partial charge in [0, 0.05) is 32.7 Å². The number of benzene rings is 2. The number of carbonyl (C=O) groups is 3. The van der Waals surface area contributed by atoms with Crippen molar-refractivity contribution in [2.75, 3.05) is 27.2 Å². The first-order valence-corrected chi connectivity index (χ1v) is 9.39. The first-order valence-electron chi connectivity index (χ1n) is 9.39. The molecule has 1 N–H and O–H groups in total. The molecule has 6 heteroatoms. The maximum atomic E-state index is 12.8. The van der Waals surface area contributed by atoms with Gasteiger partial charge in [-0.2, -0.15) is 0 Å². The molecule has 1 unspecified atom stereocenters. The molecule has 0 radical (unpaired) electrons. The Morgan fingerprint density at radius 1 is 1.07 bits per heavy atom. The third-order valence-electron chi connectivity index (χ3n) is 4.89. The molecule has 0 bridgehead atoms. The van der Waals surface area contributed by atoms with E-state index in [1.165, 1.54) is 9.80 Å². The van der Waals surface area contributed by atoms with E-state index >= 15 is 0 Å². The molecule has 0 spiro atoms. The monoisotopic (exact) mass is 379 g/mol. The number of nitrogens with one attached hydrogen (secondary N) is 1. The summed E-state index contributed by atoms with van der Waals surface area (Å²) in [4.78, 5) is 40.0. The number of rotatable bonds is 6.